The van der Waals surface area contributed by atoms with Crippen molar-refractivity contribution in [2.24, 2.45) is 0 Å². The van der Waals surface area contributed by atoms with Crippen molar-refractivity contribution in [1.82, 2.24) is 0 Å². The molecule has 0 radical (unpaired) electrons. The molecule has 23 heavy (non-hydrogen) atoms. The van der Waals surface area contributed by atoms with Crippen LogP contribution in [0.5, 0.6) is 5.75 Å². The van der Waals surface area contributed by atoms with E-state index < -0.39 is 11.0 Å². The number of carbonyl (C=O) groups is 1. The van der Waals surface area contributed by atoms with Crippen LogP contribution in [0.3, 0.4) is 0 Å². The topological polar surface area (TPSA) is 90.7 Å². The minimum atomic E-state index is -0.609. The Bertz CT molecular complexity index is 702. The van der Waals surface area contributed by atoms with Crippen LogP contribution >= 0.6 is 0 Å². The van der Waals surface area contributed by atoms with Gasteiger partial charge in [0.05, 0.1) is 4.92 Å². The van der Waals surface area contributed by atoms with E-state index in [1.54, 1.807) is 18.2 Å². The van der Waals surface area contributed by atoms with Gasteiger partial charge >= 0.3 is 11.8 Å². The third-order valence-corrected chi connectivity index (χ3v) is 2.90. The first-order chi connectivity index (χ1) is 11.1. The lowest BCUT2D eigenvalue weighted by molar-refractivity contribution is -0.385. The highest BCUT2D eigenvalue weighted by Gasteiger charge is 2.13. The highest BCUT2D eigenvalue weighted by molar-refractivity contribution is 5.84. The molecule has 2 aromatic carbocycles. The van der Waals surface area contributed by atoms with Crippen molar-refractivity contribution in [3.8, 4) is 5.75 Å². The van der Waals surface area contributed by atoms with Gasteiger partial charge in [-0.1, -0.05) is 24.3 Å². The summed E-state index contributed by atoms with van der Waals surface area (Å²) in [6.45, 7) is 1.91. The molecule has 0 saturated carbocycles. The number of para-hydroxylation sites is 2. The number of hydrogen-bond acceptors (Lipinski definition) is 5. The number of nitrogens with zero attached hydrogens (tertiary/aromatic N) is 1. The van der Waals surface area contributed by atoms with E-state index >= 15 is 0 Å². The molecule has 0 aliphatic rings. The Morgan fingerprint density at radius 1 is 1.17 bits per heavy atom. The fraction of sp³-hybridized carbons (Fsp3) is 0.188. The van der Waals surface area contributed by atoms with Crippen molar-refractivity contribution in [2.75, 3.05) is 18.5 Å². The minimum absolute atomic E-state index is 0.0199. The summed E-state index contributed by atoms with van der Waals surface area (Å²) in [6, 6.07) is 13.3. The first-order valence-corrected chi connectivity index (χ1v) is 6.93. The number of nitro benzene ring substituents is 1. The number of carbonyl (C=O) groups excluding carboxylic acids is 1. The molecule has 7 heteroatoms. The zero-order valence-electron chi connectivity index (χ0n) is 12.5. The summed E-state index contributed by atoms with van der Waals surface area (Å²) in [5, 5.41) is 13.4. The molecule has 0 heterocycles. The van der Waals surface area contributed by atoms with Crippen molar-refractivity contribution in [3.63, 3.8) is 0 Å². The van der Waals surface area contributed by atoms with Crippen LogP contribution in [0, 0.1) is 17.0 Å². The molecular weight excluding hydrogens is 300 g/mol. The van der Waals surface area contributed by atoms with Gasteiger partial charge in [-0.3, -0.25) is 15.4 Å². The zero-order valence-corrected chi connectivity index (χ0v) is 12.5. The van der Waals surface area contributed by atoms with Crippen molar-refractivity contribution in [1.29, 1.82) is 0 Å². The Hall–Kier alpha value is -3.09. The SMILES string of the molecule is Cc1cccc(NC(=O)OCCOc2ccccc2[N+](=O)[O-])c1. The van der Waals surface area contributed by atoms with Gasteiger partial charge in [0.25, 0.3) is 0 Å². The Kier molecular flexibility index (Phi) is 5.51. The molecule has 120 valence electrons. The molecule has 0 bridgehead atoms. The van der Waals surface area contributed by atoms with Gasteiger partial charge in [-0.15, -0.1) is 0 Å². The highest BCUT2D eigenvalue weighted by atomic mass is 16.6. The molecule has 1 N–H and O–H groups in total. The Labute approximate surface area is 133 Å². The Morgan fingerprint density at radius 3 is 2.70 bits per heavy atom. The van der Waals surface area contributed by atoms with E-state index in [1.807, 2.05) is 25.1 Å². The highest BCUT2D eigenvalue weighted by Crippen LogP contribution is 2.25. The molecule has 0 unspecified atom stereocenters. The van der Waals surface area contributed by atoms with Crippen molar-refractivity contribution in [3.05, 3.63) is 64.2 Å². The maximum atomic E-state index is 11.6. The molecule has 0 saturated heterocycles. The van der Waals surface area contributed by atoms with Crippen LogP contribution in [0.2, 0.25) is 0 Å². The molecule has 2 aromatic rings. The van der Waals surface area contributed by atoms with E-state index in [0.29, 0.717) is 5.69 Å². The van der Waals surface area contributed by atoms with Crippen LogP contribution in [0.25, 0.3) is 0 Å². The van der Waals surface area contributed by atoms with Gasteiger partial charge in [0.15, 0.2) is 5.75 Å². The van der Waals surface area contributed by atoms with E-state index in [2.05, 4.69) is 5.32 Å². The third kappa shape index (κ3) is 4.99. The summed E-state index contributed by atoms with van der Waals surface area (Å²) in [5.41, 5.74) is 1.52. The lowest BCUT2D eigenvalue weighted by Gasteiger charge is -2.09. The Balaban J connectivity index is 1.77. The summed E-state index contributed by atoms with van der Waals surface area (Å²) in [6.07, 6.45) is -0.609. The quantitative estimate of drug-likeness (QED) is 0.500. The maximum absolute atomic E-state index is 11.6. The minimum Gasteiger partial charge on any atom is -0.483 e. The van der Waals surface area contributed by atoms with Gasteiger partial charge in [-0.25, -0.2) is 4.79 Å². The smallest absolute Gasteiger partial charge is 0.411 e. The van der Waals surface area contributed by atoms with Crippen LogP contribution in [0.4, 0.5) is 16.2 Å². The number of anilines is 1. The van der Waals surface area contributed by atoms with Gasteiger partial charge in [-0.05, 0) is 30.7 Å². The molecule has 0 aliphatic heterocycles. The molecule has 1 amide bonds. The summed E-state index contributed by atoms with van der Waals surface area (Å²) in [5.74, 6) is 0.139. The van der Waals surface area contributed by atoms with E-state index in [1.165, 1.54) is 12.1 Å². The van der Waals surface area contributed by atoms with Gasteiger partial charge < -0.3 is 9.47 Å². The molecular formula is C16H16N2O5. The van der Waals surface area contributed by atoms with E-state index in [4.69, 9.17) is 9.47 Å². The normalized spacial score (nSPS) is 9.96. The number of amides is 1. The summed E-state index contributed by atoms with van der Waals surface area (Å²) in [4.78, 5) is 21.9. The standard InChI is InChI=1S/C16H16N2O5/c1-12-5-4-6-13(11-12)17-16(19)23-10-9-22-15-8-3-2-7-14(15)18(20)21/h2-8,11H,9-10H2,1H3,(H,17,19). The van der Waals surface area contributed by atoms with Crippen LogP contribution in [-0.2, 0) is 4.74 Å². The van der Waals surface area contributed by atoms with Gasteiger partial charge in [0.2, 0.25) is 0 Å². The van der Waals surface area contributed by atoms with Crippen LogP contribution < -0.4 is 10.1 Å². The lowest BCUT2D eigenvalue weighted by Crippen LogP contribution is -2.17. The average Bonchev–Trinajstić information content (AvgIpc) is 2.52. The monoisotopic (exact) mass is 316 g/mol. The second-order valence-electron chi connectivity index (χ2n) is 4.70. The number of ether oxygens (including phenoxy) is 2. The number of hydrogen-bond donors (Lipinski definition) is 1. The average molecular weight is 316 g/mol. The van der Waals surface area contributed by atoms with Crippen molar-refractivity contribution in [2.45, 2.75) is 6.92 Å². The number of nitrogens with one attached hydrogen (secondary N) is 1. The fourth-order valence-corrected chi connectivity index (χ4v) is 1.89. The number of nitro groups is 1. The maximum Gasteiger partial charge on any atom is 0.411 e. The van der Waals surface area contributed by atoms with Gasteiger partial charge in [0.1, 0.15) is 13.2 Å². The molecule has 0 aromatic heterocycles. The third-order valence-electron chi connectivity index (χ3n) is 2.90. The van der Waals surface area contributed by atoms with Gasteiger partial charge in [-0.2, -0.15) is 0 Å². The van der Waals surface area contributed by atoms with Crippen molar-refractivity contribution >= 4 is 17.5 Å². The molecule has 0 spiro atoms. The summed E-state index contributed by atoms with van der Waals surface area (Å²) in [7, 11) is 0. The predicted octanol–water partition coefficient (Wildman–Crippen LogP) is 3.53. The first-order valence-electron chi connectivity index (χ1n) is 6.93. The lowest BCUT2D eigenvalue weighted by atomic mass is 10.2. The van der Waals surface area contributed by atoms with E-state index in [0.717, 1.165) is 5.56 Å². The van der Waals surface area contributed by atoms with E-state index in [9.17, 15) is 14.9 Å². The first kappa shape index (κ1) is 16.3. The largest absolute Gasteiger partial charge is 0.483 e. The molecule has 7 nitrogen and oxygen atoms in total. The van der Waals surface area contributed by atoms with Crippen LogP contribution in [-0.4, -0.2) is 24.2 Å². The fourth-order valence-electron chi connectivity index (χ4n) is 1.89. The zero-order chi connectivity index (χ0) is 16.7. The molecule has 0 atom stereocenters. The second-order valence-corrected chi connectivity index (χ2v) is 4.70. The van der Waals surface area contributed by atoms with Gasteiger partial charge in [0, 0.05) is 11.8 Å². The predicted molar refractivity (Wildman–Crippen MR) is 84.7 cm³/mol. The van der Waals surface area contributed by atoms with Crippen LogP contribution in [0.1, 0.15) is 5.56 Å². The molecule has 0 aliphatic carbocycles. The molecule has 2 rings (SSSR count). The summed E-state index contributed by atoms with van der Waals surface area (Å²) >= 11 is 0. The number of benzene rings is 2. The molecule has 0 fully saturated rings. The second kappa shape index (κ2) is 7.79. The van der Waals surface area contributed by atoms with Crippen molar-refractivity contribution < 1.29 is 19.2 Å². The number of aryl methyl sites for hydroxylation is 1. The van der Waals surface area contributed by atoms with Crippen LogP contribution in [0.15, 0.2) is 48.5 Å². The van der Waals surface area contributed by atoms with E-state index in [-0.39, 0.29) is 24.7 Å². The number of rotatable bonds is 6. The summed E-state index contributed by atoms with van der Waals surface area (Å²) < 4.78 is 10.2. The Morgan fingerprint density at radius 2 is 1.96 bits per heavy atom.